The standard InChI is InChI=1S/C30H31NO7/c1-35-17-7-16-31-27(22-12-15-24(36-2)25(18-22)37-3)26(29(33)30(31)34)28(32)21-10-13-23(14-11-21)38-19-20-8-5-4-6-9-20/h4-6,8-15,18,27,32H,7,16-17,19H2,1-3H3/b28-26+. The number of likely N-dealkylation sites (tertiary alicyclic amines) is 1. The van der Waals surface area contributed by atoms with Crippen LogP contribution in [0.4, 0.5) is 0 Å². The van der Waals surface area contributed by atoms with E-state index in [2.05, 4.69) is 0 Å². The maximum atomic E-state index is 13.2. The quantitative estimate of drug-likeness (QED) is 0.170. The number of aliphatic hydroxyl groups is 1. The molecule has 1 saturated heterocycles. The van der Waals surface area contributed by atoms with Gasteiger partial charge in [0.25, 0.3) is 11.7 Å². The minimum Gasteiger partial charge on any atom is -0.507 e. The van der Waals surface area contributed by atoms with Crippen LogP contribution >= 0.6 is 0 Å². The van der Waals surface area contributed by atoms with Gasteiger partial charge in [-0.05, 0) is 53.9 Å². The fraction of sp³-hybridized carbons (Fsp3) is 0.267. The lowest BCUT2D eigenvalue weighted by Gasteiger charge is -2.26. The number of hydrogen-bond donors (Lipinski definition) is 1. The average molecular weight is 518 g/mol. The molecule has 1 N–H and O–H groups in total. The van der Waals surface area contributed by atoms with Crippen LogP contribution < -0.4 is 14.2 Å². The number of nitrogens with zero attached hydrogens (tertiary/aromatic N) is 1. The number of hydrogen-bond acceptors (Lipinski definition) is 7. The van der Waals surface area contributed by atoms with Gasteiger partial charge in [-0.1, -0.05) is 36.4 Å². The number of benzene rings is 3. The Hall–Kier alpha value is -4.30. The molecule has 0 radical (unpaired) electrons. The predicted molar refractivity (Wildman–Crippen MR) is 142 cm³/mol. The van der Waals surface area contributed by atoms with E-state index >= 15 is 0 Å². The molecule has 0 aromatic heterocycles. The second-order valence-corrected chi connectivity index (χ2v) is 8.75. The number of carbonyl (C=O) groups is 2. The summed E-state index contributed by atoms with van der Waals surface area (Å²) in [6.07, 6.45) is 0.529. The lowest BCUT2D eigenvalue weighted by Crippen LogP contribution is -2.31. The van der Waals surface area contributed by atoms with Crippen molar-refractivity contribution >= 4 is 17.4 Å². The minimum absolute atomic E-state index is 0.0117. The molecule has 0 aliphatic carbocycles. The summed E-state index contributed by atoms with van der Waals surface area (Å²) in [5, 5.41) is 11.3. The highest BCUT2D eigenvalue weighted by Crippen LogP contribution is 2.42. The second-order valence-electron chi connectivity index (χ2n) is 8.75. The van der Waals surface area contributed by atoms with Crippen molar-refractivity contribution < 1.29 is 33.6 Å². The van der Waals surface area contributed by atoms with Crippen molar-refractivity contribution in [3.05, 3.63) is 95.1 Å². The van der Waals surface area contributed by atoms with Gasteiger partial charge < -0.3 is 29.0 Å². The maximum Gasteiger partial charge on any atom is 0.295 e. The molecule has 3 aromatic rings. The molecule has 198 valence electrons. The maximum absolute atomic E-state index is 13.2. The summed E-state index contributed by atoms with van der Waals surface area (Å²) < 4.78 is 21.8. The van der Waals surface area contributed by atoms with Crippen LogP contribution in [0.5, 0.6) is 17.2 Å². The van der Waals surface area contributed by atoms with E-state index in [-0.39, 0.29) is 17.9 Å². The molecule has 38 heavy (non-hydrogen) atoms. The first kappa shape index (κ1) is 26.8. The molecule has 8 nitrogen and oxygen atoms in total. The third-order valence-electron chi connectivity index (χ3n) is 6.39. The normalized spacial score (nSPS) is 16.5. The fourth-order valence-corrected chi connectivity index (χ4v) is 4.46. The molecule has 1 heterocycles. The SMILES string of the molecule is COCCCN1C(=O)C(=O)/C(=C(/O)c2ccc(OCc3ccccc3)cc2)C1c1ccc(OC)c(OC)c1. The van der Waals surface area contributed by atoms with E-state index in [1.54, 1.807) is 49.6 Å². The lowest BCUT2D eigenvalue weighted by molar-refractivity contribution is -0.140. The van der Waals surface area contributed by atoms with E-state index in [9.17, 15) is 14.7 Å². The molecule has 4 rings (SSSR count). The number of ketones is 1. The van der Waals surface area contributed by atoms with Crippen LogP contribution in [0.25, 0.3) is 5.76 Å². The summed E-state index contributed by atoms with van der Waals surface area (Å²) in [6, 6.07) is 20.9. The Morgan fingerprint density at radius 3 is 2.26 bits per heavy atom. The van der Waals surface area contributed by atoms with Crippen molar-refractivity contribution in [1.82, 2.24) is 4.90 Å². The van der Waals surface area contributed by atoms with Crippen LogP contribution in [0.3, 0.4) is 0 Å². The Kier molecular flexibility index (Phi) is 8.66. The van der Waals surface area contributed by atoms with Crippen LogP contribution in [0.1, 0.15) is 29.2 Å². The Balaban J connectivity index is 1.69. The minimum atomic E-state index is -0.805. The highest BCUT2D eigenvalue weighted by molar-refractivity contribution is 6.46. The van der Waals surface area contributed by atoms with Crippen LogP contribution in [-0.2, 0) is 20.9 Å². The number of aliphatic hydroxyl groups excluding tert-OH is 1. The number of amides is 1. The number of Topliss-reactive ketones (excluding diaryl/α,β-unsaturated/α-hetero) is 1. The fourth-order valence-electron chi connectivity index (χ4n) is 4.46. The zero-order chi connectivity index (χ0) is 27.1. The molecule has 0 saturated carbocycles. The molecule has 0 bridgehead atoms. The van der Waals surface area contributed by atoms with Crippen LogP contribution in [0.2, 0.25) is 0 Å². The van der Waals surface area contributed by atoms with E-state index in [1.807, 2.05) is 30.3 Å². The monoisotopic (exact) mass is 517 g/mol. The zero-order valence-corrected chi connectivity index (χ0v) is 21.7. The number of carbonyl (C=O) groups excluding carboxylic acids is 2. The summed E-state index contributed by atoms with van der Waals surface area (Å²) in [5.74, 6) is -0.103. The smallest absolute Gasteiger partial charge is 0.295 e. The average Bonchev–Trinajstić information content (AvgIpc) is 3.21. The first-order chi connectivity index (χ1) is 18.5. The molecular formula is C30H31NO7. The van der Waals surface area contributed by atoms with Gasteiger partial charge in [0.2, 0.25) is 0 Å². The predicted octanol–water partition coefficient (Wildman–Crippen LogP) is 4.74. The van der Waals surface area contributed by atoms with Crippen LogP contribution in [0.15, 0.2) is 78.4 Å². The summed E-state index contributed by atoms with van der Waals surface area (Å²) in [6.45, 7) is 1.10. The van der Waals surface area contributed by atoms with Gasteiger partial charge >= 0.3 is 0 Å². The largest absolute Gasteiger partial charge is 0.507 e. The molecule has 1 fully saturated rings. The molecule has 0 spiro atoms. The molecule has 3 aromatic carbocycles. The van der Waals surface area contributed by atoms with Gasteiger partial charge in [-0.25, -0.2) is 0 Å². The first-order valence-electron chi connectivity index (χ1n) is 12.2. The van der Waals surface area contributed by atoms with Crippen molar-refractivity contribution in [1.29, 1.82) is 0 Å². The number of methoxy groups -OCH3 is 3. The van der Waals surface area contributed by atoms with E-state index < -0.39 is 17.7 Å². The van der Waals surface area contributed by atoms with Crippen molar-refractivity contribution in [3.8, 4) is 17.2 Å². The van der Waals surface area contributed by atoms with Crippen LogP contribution in [-0.4, -0.2) is 56.2 Å². The Labute approximate surface area is 222 Å². The first-order valence-corrected chi connectivity index (χ1v) is 12.2. The topological polar surface area (TPSA) is 94.5 Å². The van der Waals surface area contributed by atoms with Gasteiger partial charge in [0.15, 0.2) is 11.5 Å². The number of rotatable bonds is 11. The van der Waals surface area contributed by atoms with Crippen molar-refractivity contribution in [2.45, 2.75) is 19.1 Å². The molecule has 1 aliphatic heterocycles. The van der Waals surface area contributed by atoms with Crippen molar-refractivity contribution in [3.63, 3.8) is 0 Å². The van der Waals surface area contributed by atoms with Gasteiger partial charge in [-0.15, -0.1) is 0 Å². The molecule has 1 atom stereocenters. The Morgan fingerprint density at radius 2 is 1.61 bits per heavy atom. The van der Waals surface area contributed by atoms with Crippen molar-refractivity contribution in [2.24, 2.45) is 0 Å². The van der Waals surface area contributed by atoms with Crippen LogP contribution in [0, 0.1) is 0 Å². The van der Waals surface area contributed by atoms with Gasteiger partial charge in [-0.3, -0.25) is 9.59 Å². The summed E-state index contributed by atoms with van der Waals surface area (Å²) >= 11 is 0. The van der Waals surface area contributed by atoms with Gasteiger partial charge in [0.05, 0.1) is 25.8 Å². The summed E-state index contributed by atoms with van der Waals surface area (Å²) in [5.41, 5.74) is 2.06. The van der Waals surface area contributed by atoms with Gasteiger partial charge in [0, 0.05) is 25.8 Å². The van der Waals surface area contributed by atoms with Gasteiger partial charge in [0.1, 0.15) is 18.1 Å². The Bertz CT molecular complexity index is 1300. The Morgan fingerprint density at radius 1 is 0.895 bits per heavy atom. The summed E-state index contributed by atoms with van der Waals surface area (Å²) in [4.78, 5) is 27.8. The highest BCUT2D eigenvalue weighted by Gasteiger charge is 2.46. The lowest BCUT2D eigenvalue weighted by atomic mass is 9.95. The highest BCUT2D eigenvalue weighted by atomic mass is 16.5. The van der Waals surface area contributed by atoms with E-state index in [0.29, 0.717) is 48.0 Å². The summed E-state index contributed by atoms with van der Waals surface area (Å²) in [7, 11) is 4.62. The van der Waals surface area contributed by atoms with Gasteiger partial charge in [-0.2, -0.15) is 0 Å². The molecular weight excluding hydrogens is 486 g/mol. The third kappa shape index (κ3) is 5.65. The second kappa shape index (κ2) is 12.3. The molecule has 8 heteroatoms. The van der Waals surface area contributed by atoms with E-state index in [0.717, 1.165) is 5.56 Å². The zero-order valence-electron chi connectivity index (χ0n) is 21.7. The van der Waals surface area contributed by atoms with E-state index in [4.69, 9.17) is 18.9 Å². The number of ether oxygens (including phenoxy) is 4. The molecule has 1 aliphatic rings. The molecule has 1 amide bonds. The van der Waals surface area contributed by atoms with Crippen molar-refractivity contribution in [2.75, 3.05) is 34.5 Å². The third-order valence-corrected chi connectivity index (χ3v) is 6.39. The molecule has 1 unspecified atom stereocenters. The van der Waals surface area contributed by atoms with E-state index in [1.165, 1.54) is 19.1 Å².